The van der Waals surface area contributed by atoms with Crippen LogP contribution in [-0.4, -0.2) is 26.8 Å². The predicted molar refractivity (Wildman–Crippen MR) is 89.1 cm³/mol. The SMILES string of the molecule is CCCc1nc(SCC(=O)NC(C)c2cccc(Cl)c2)n[nH]1. The highest BCUT2D eigenvalue weighted by atomic mass is 35.5. The molecule has 7 heteroatoms. The quantitative estimate of drug-likeness (QED) is 0.759. The minimum atomic E-state index is -0.0883. The van der Waals surface area contributed by atoms with Crippen LogP contribution >= 0.6 is 23.4 Å². The number of benzene rings is 1. The number of hydrogen-bond donors (Lipinski definition) is 2. The van der Waals surface area contributed by atoms with Crippen LogP contribution in [0.5, 0.6) is 0 Å². The first-order valence-electron chi connectivity index (χ1n) is 7.17. The molecule has 1 heterocycles. The zero-order chi connectivity index (χ0) is 15.9. The smallest absolute Gasteiger partial charge is 0.230 e. The first-order chi connectivity index (χ1) is 10.6. The van der Waals surface area contributed by atoms with E-state index in [1.54, 1.807) is 0 Å². The standard InChI is InChI=1S/C15H19ClN4OS/c1-3-5-13-18-15(20-19-13)22-9-14(21)17-10(2)11-6-4-7-12(16)8-11/h4,6-8,10H,3,5,9H2,1-2H3,(H,17,21)(H,18,19,20). The van der Waals surface area contributed by atoms with Crippen LogP contribution in [0.4, 0.5) is 0 Å². The molecule has 0 aliphatic carbocycles. The minimum absolute atomic E-state index is 0.0562. The molecule has 2 N–H and O–H groups in total. The van der Waals surface area contributed by atoms with E-state index in [0.717, 1.165) is 24.2 Å². The summed E-state index contributed by atoms with van der Waals surface area (Å²) in [6.07, 6.45) is 1.88. The number of amides is 1. The first kappa shape index (κ1) is 16.8. The highest BCUT2D eigenvalue weighted by Gasteiger charge is 2.11. The van der Waals surface area contributed by atoms with Gasteiger partial charge in [-0.15, -0.1) is 5.10 Å². The van der Waals surface area contributed by atoms with E-state index < -0.39 is 0 Å². The number of carbonyl (C=O) groups excluding carboxylic acids is 1. The molecule has 0 saturated carbocycles. The van der Waals surface area contributed by atoms with E-state index in [9.17, 15) is 4.79 Å². The Morgan fingerprint density at radius 2 is 2.32 bits per heavy atom. The number of halogens is 1. The monoisotopic (exact) mass is 338 g/mol. The van der Waals surface area contributed by atoms with Crippen molar-refractivity contribution in [2.45, 2.75) is 37.9 Å². The van der Waals surface area contributed by atoms with Crippen molar-refractivity contribution >= 4 is 29.3 Å². The van der Waals surface area contributed by atoms with E-state index in [-0.39, 0.29) is 17.7 Å². The Balaban J connectivity index is 1.82. The summed E-state index contributed by atoms with van der Waals surface area (Å²) in [4.78, 5) is 16.3. The van der Waals surface area contributed by atoms with Gasteiger partial charge in [-0.2, -0.15) is 0 Å². The number of aromatic nitrogens is 3. The molecule has 1 aromatic heterocycles. The average Bonchev–Trinajstić information content (AvgIpc) is 2.93. The summed E-state index contributed by atoms with van der Waals surface area (Å²) in [7, 11) is 0. The maximum absolute atomic E-state index is 12.0. The van der Waals surface area contributed by atoms with Crippen LogP contribution in [-0.2, 0) is 11.2 Å². The van der Waals surface area contributed by atoms with E-state index in [1.807, 2.05) is 31.2 Å². The summed E-state index contributed by atoms with van der Waals surface area (Å²) in [5.41, 5.74) is 0.981. The molecular weight excluding hydrogens is 320 g/mol. The van der Waals surface area contributed by atoms with E-state index in [2.05, 4.69) is 27.4 Å². The fourth-order valence-corrected chi connectivity index (χ4v) is 2.79. The first-order valence-corrected chi connectivity index (χ1v) is 8.53. The zero-order valence-corrected chi connectivity index (χ0v) is 14.2. The number of nitrogens with one attached hydrogen (secondary N) is 2. The second-order valence-corrected chi connectivity index (χ2v) is 6.33. The molecule has 1 amide bonds. The summed E-state index contributed by atoms with van der Waals surface area (Å²) < 4.78 is 0. The third-order valence-electron chi connectivity index (χ3n) is 3.06. The van der Waals surface area contributed by atoms with Crippen LogP contribution in [0.1, 0.15) is 37.7 Å². The van der Waals surface area contributed by atoms with Gasteiger partial charge in [0.25, 0.3) is 0 Å². The highest BCUT2D eigenvalue weighted by molar-refractivity contribution is 7.99. The number of aryl methyl sites for hydroxylation is 1. The van der Waals surface area contributed by atoms with Crippen molar-refractivity contribution in [2.24, 2.45) is 0 Å². The van der Waals surface area contributed by atoms with Crippen LogP contribution < -0.4 is 5.32 Å². The summed E-state index contributed by atoms with van der Waals surface area (Å²) in [6.45, 7) is 4.01. The van der Waals surface area contributed by atoms with Gasteiger partial charge in [-0.25, -0.2) is 4.98 Å². The molecule has 5 nitrogen and oxygen atoms in total. The Kier molecular flexibility index (Phi) is 6.27. The third-order valence-corrected chi connectivity index (χ3v) is 4.14. The molecule has 1 unspecified atom stereocenters. The minimum Gasteiger partial charge on any atom is -0.349 e. The molecule has 0 fully saturated rings. The Morgan fingerprint density at radius 1 is 1.50 bits per heavy atom. The number of nitrogens with zero attached hydrogens (tertiary/aromatic N) is 2. The molecule has 0 bridgehead atoms. The van der Waals surface area contributed by atoms with Crippen LogP contribution in [0.15, 0.2) is 29.4 Å². The van der Waals surface area contributed by atoms with Gasteiger partial charge in [0.05, 0.1) is 11.8 Å². The predicted octanol–water partition coefficient (Wildman–Crippen LogP) is 3.38. The van der Waals surface area contributed by atoms with Crippen LogP contribution in [0.25, 0.3) is 0 Å². The maximum Gasteiger partial charge on any atom is 0.230 e. The molecule has 1 atom stereocenters. The molecule has 118 valence electrons. The number of carbonyl (C=O) groups is 1. The molecule has 2 aromatic rings. The topological polar surface area (TPSA) is 70.7 Å². The largest absolute Gasteiger partial charge is 0.349 e. The van der Waals surface area contributed by atoms with Gasteiger partial charge in [0.2, 0.25) is 11.1 Å². The Bertz CT molecular complexity index is 632. The zero-order valence-electron chi connectivity index (χ0n) is 12.6. The van der Waals surface area contributed by atoms with E-state index in [0.29, 0.717) is 10.2 Å². The normalized spacial score (nSPS) is 12.1. The molecule has 22 heavy (non-hydrogen) atoms. The maximum atomic E-state index is 12.0. The summed E-state index contributed by atoms with van der Waals surface area (Å²) in [6, 6.07) is 7.39. The van der Waals surface area contributed by atoms with E-state index in [4.69, 9.17) is 11.6 Å². The molecule has 0 radical (unpaired) electrons. The molecular formula is C15H19ClN4OS. The number of H-pyrrole nitrogens is 1. The molecule has 2 rings (SSSR count). The lowest BCUT2D eigenvalue weighted by Gasteiger charge is -2.14. The molecule has 0 aliphatic rings. The lowest BCUT2D eigenvalue weighted by atomic mass is 10.1. The summed E-state index contributed by atoms with van der Waals surface area (Å²) in [5.74, 6) is 1.09. The second-order valence-electron chi connectivity index (χ2n) is 4.95. The van der Waals surface area contributed by atoms with Crippen molar-refractivity contribution in [2.75, 3.05) is 5.75 Å². The van der Waals surface area contributed by atoms with Gasteiger partial charge in [-0.1, -0.05) is 42.4 Å². The van der Waals surface area contributed by atoms with E-state index >= 15 is 0 Å². The van der Waals surface area contributed by atoms with Crippen LogP contribution in [0, 0.1) is 0 Å². The second kappa shape index (κ2) is 8.19. The fraction of sp³-hybridized carbons (Fsp3) is 0.400. The van der Waals surface area contributed by atoms with Gasteiger partial charge < -0.3 is 5.32 Å². The van der Waals surface area contributed by atoms with Crippen molar-refractivity contribution in [3.63, 3.8) is 0 Å². The fourth-order valence-electron chi connectivity index (χ4n) is 1.96. The van der Waals surface area contributed by atoms with Crippen molar-refractivity contribution in [1.82, 2.24) is 20.5 Å². The van der Waals surface area contributed by atoms with Gasteiger partial charge in [0.1, 0.15) is 5.82 Å². The highest BCUT2D eigenvalue weighted by Crippen LogP contribution is 2.18. The number of rotatable bonds is 7. The Morgan fingerprint density at radius 3 is 3.05 bits per heavy atom. The Hall–Kier alpha value is -1.53. The average molecular weight is 339 g/mol. The van der Waals surface area contributed by atoms with Crippen LogP contribution in [0.2, 0.25) is 5.02 Å². The summed E-state index contributed by atoms with van der Waals surface area (Å²) in [5, 5.41) is 11.2. The molecule has 0 spiro atoms. The van der Waals surface area contributed by atoms with E-state index in [1.165, 1.54) is 11.8 Å². The lowest BCUT2D eigenvalue weighted by Crippen LogP contribution is -2.28. The van der Waals surface area contributed by atoms with Gasteiger partial charge in [-0.3, -0.25) is 9.89 Å². The van der Waals surface area contributed by atoms with Crippen molar-refractivity contribution < 1.29 is 4.79 Å². The van der Waals surface area contributed by atoms with Gasteiger partial charge in [0.15, 0.2) is 0 Å². The Labute approximate surface area is 139 Å². The summed E-state index contributed by atoms with van der Waals surface area (Å²) >= 11 is 7.28. The van der Waals surface area contributed by atoms with Crippen molar-refractivity contribution in [3.8, 4) is 0 Å². The van der Waals surface area contributed by atoms with Crippen LogP contribution in [0.3, 0.4) is 0 Å². The number of thioether (sulfide) groups is 1. The number of aromatic amines is 1. The number of hydrogen-bond acceptors (Lipinski definition) is 4. The van der Waals surface area contributed by atoms with Crippen molar-refractivity contribution in [1.29, 1.82) is 0 Å². The van der Waals surface area contributed by atoms with Crippen molar-refractivity contribution in [3.05, 3.63) is 40.7 Å². The van der Waals surface area contributed by atoms with Gasteiger partial charge in [-0.05, 0) is 31.0 Å². The molecule has 0 aliphatic heterocycles. The third kappa shape index (κ3) is 5.03. The van der Waals surface area contributed by atoms with Gasteiger partial charge >= 0.3 is 0 Å². The van der Waals surface area contributed by atoms with Gasteiger partial charge in [0, 0.05) is 11.4 Å². The molecule has 0 saturated heterocycles. The lowest BCUT2D eigenvalue weighted by molar-refractivity contribution is -0.119. The molecule has 1 aromatic carbocycles.